The molecular formula is C19H18N4O2. The number of methoxy groups -OCH3 is 1. The molecule has 0 aliphatic carbocycles. The van der Waals surface area contributed by atoms with E-state index in [9.17, 15) is 4.79 Å². The van der Waals surface area contributed by atoms with E-state index in [1.54, 1.807) is 19.8 Å². The van der Waals surface area contributed by atoms with E-state index < -0.39 is 0 Å². The van der Waals surface area contributed by atoms with Gasteiger partial charge < -0.3 is 9.64 Å². The number of carbonyl (C=O) groups excluding carboxylic acids is 1. The second kappa shape index (κ2) is 6.39. The number of aromatic nitrogens is 3. The predicted molar refractivity (Wildman–Crippen MR) is 93.9 cm³/mol. The molecule has 2 heterocycles. The van der Waals surface area contributed by atoms with E-state index in [1.165, 1.54) is 5.56 Å². The van der Waals surface area contributed by atoms with Crippen LogP contribution in [-0.2, 0) is 17.8 Å². The van der Waals surface area contributed by atoms with Crippen LogP contribution in [0.3, 0.4) is 0 Å². The first-order valence-corrected chi connectivity index (χ1v) is 8.16. The number of ether oxygens (including phenoxy) is 1. The lowest BCUT2D eigenvalue weighted by atomic mass is 9.99. The Balaban J connectivity index is 1.64. The van der Waals surface area contributed by atoms with Crippen molar-refractivity contribution in [2.24, 2.45) is 0 Å². The molecule has 0 radical (unpaired) electrons. The fourth-order valence-electron chi connectivity index (χ4n) is 3.13. The van der Waals surface area contributed by atoms with Gasteiger partial charge in [-0.1, -0.05) is 12.1 Å². The second-order valence-electron chi connectivity index (χ2n) is 6.01. The first-order valence-electron chi connectivity index (χ1n) is 8.16. The molecule has 1 amide bonds. The number of benzene rings is 2. The summed E-state index contributed by atoms with van der Waals surface area (Å²) in [4.78, 5) is 14.3. The van der Waals surface area contributed by atoms with E-state index in [-0.39, 0.29) is 5.91 Å². The molecule has 0 saturated heterocycles. The van der Waals surface area contributed by atoms with Crippen molar-refractivity contribution in [1.29, 1.82) is 0 Å². The number of anilines is 1. The van der Waals surface area contributed by atoms with Crippen molar-refractivity contribution < 1.29 is 9.53 Å². The average Bonchev–Trinajstić information content (AvgIpc) is 3.19. The van der Waals surface area contributed by atoms with E-state index >= 15 is 0 Å². The molecule has 0 fully saturated rings. The summed E-state index contributed by atoms with van der Waals surface area (Å²) in [5.41, 5.74) is 4.22. The maximum absolute atomic E-state index is 12.5. The van der Waals surface area contributed by atoms with Crippen molar-refractivity contribution >= 4 is 11.6 Å². The molecule has 126 valence electrons. The van der Waals surface area contributed by atoms with Crippen LogP contribution in [0.5, 0.6) is 5.75 Å². The highest BCUT2D eigenvalue weighted by atomic mass is 16.5. The molecule has 0 saturated carbocycles. The standard InChI is InChI=1S/C19H18N4O2/c1-25-17-6-2-14(3-7-17)11-23-18-8-5-16(22-12-20-21-13-22)10-15(18)4-9-19(23)24/h2-3,5-8,10,12-13H,4,9,11H2,1H3. The first-order chi connectivity index (χ1) is 12.2. The quantitative estimate of drug-likeness (QED) is 0.736. The summed E-state index contributed by atoms with van der Waals surface area (Å²) >= 11 is 0. The van der Waals surface area contributed by atoms with Gasteiger partial charge in [0, 0.05) is 17.8 Å². The number of aryl methyl sites for hydroxylation is 1. The van der Waals surface area contributed by atoms with Gasteiger partial charge in [0.1, 0.15) is 18.4 Å². The smallest absolute Gasteiger partial charge is 0.227 e. The van der Waals surface area contributed by atoms with E-state index in [0.29, 0.717) is 13.0 Å². The molecule has 2 aromatic carbocycles. The van der Waals surface area contributed by atoms with Gasteiger partial charge in [-0.2, -0.15) is 0 Å². The summed E-state index contributed by atoms with van der Waals surface area (Å²) in [6.45, 7) is 0.557. The molecule has 0 N–H and O–H groups in total. The van der Waals surface area contributed by atoms with Gasteiger partial charge in [0.15, 0.2) is 0 Å². The van der Waals surface area contributed by atoms with Gasteiger partial charge in [0.25, 0.3) is 0 Å². The van der Waals surface area contributed by atoms with Crippen LogP contribution in [0, 0.1) is 0 Å². The van der Waals surface area contributed by atoms with E-state index in [2.05, 4.69) is 16.3 Å². The fourth-order valence-corrected chi connectivity index (χ4v) is 3.13. The zero-order chi connectivity index (χ0) is 17.2. The summed E-state index contributed by atoms with van der Waals surface area (Å²) < 4.78 is 7.06. The molecule has 1 aliphatic heterocycles. The molecular weight excluding hydrogens is 316 g/mol. The van der Waals surface area contributed by atoms with Crippen molar-refractivity contribution in [2.45, 2.75) is 19.4 Å². The highest BCUT2D eigenvalue weighted by molar-refractivity contribution is 5.96. The van der Waals surface area contributed by atoms with Crippen LogP contribution >= 0.6 is 0 Å². The Bertz CT molecular complexity index is 888. The minimum atomic E-state index is 0.153. The molecule has 3 aromatic rings. The Morgan fingerprint density at radius 2 is 1.80 bits per heavy atom. The summed E-state index contributed by atoms with van der Waals surface area (Å²) in [6, 6.07) is 13.9. The largest absolute Gasteiger partial charge is 0.497 e. The topological polar surface area (TPSA) is 60.2 Å². The van der Waals surface area contributed by atoms with Crippen LogP contribution in [0.2, 0.25) is 0 Å². The molecule has 6 heteroatoms. The molecule has 0 atom stereocenters. The third-order valence-corrected chi connectivity index (χ3v) is 4.48. The van der Waals surface area contributed by atoms with E-state index in [1.807, 2.05) is 45.9 Å². The summed E-state index contributed by atoms with van der Waals surface area (Å²) in [5, 5.41) is 7.69. The van der Waals surface area contributed by atoms with Crippen LogP contribution in [0.15, 0.2) is 55.1 Å². The summed E-state index contributed by atoms with van der Waals surface area (Å²) in [6.07, 6.45) is 4.62. The number of amides is 1. The maximum atomic E-state index is 12.5. The number of fused-ring (bicyclic) bond motifs is 1. The molecule has 0 bridgehead atoms. The van der Waals surface area contributed by atoms with Gasteiger partial charge in [-0.15, -0.1) is 10.2 Å². The van der Waals surface area contributed by atoms with E-state index in [0.717, 1.165) is 29.1 Å². The highest BCUT2D eigenvalue weighted by Crippen LogP contribution is 2.31. The van der Waals surface area contributed by atoms with Crippen LogP contribution < -0.4 is 9.64 Å². The Morgan fingerprint density at radius 1 is 1.04 bits per heavy atom. The number of nitrogens with zero attached hydrogens (tertiary/aromatic N) is 4. The Morgan fingerprint density at radius 3 is 2.52 bits per heavy atom. The lowest BCUT2D eigenvalue weighted by Crippen LogP contribution is -2.34. The number of carbonyl (C=O) groups is 1. The SMILES string of the molecule is COc1ccc(CN2C(=O)CCc3cc(-n4cnnc4)ccc32)cc1. The van der Waals surface area contributed by atoms with Gasteiger partial charge in [0.2, 0.25) is 5.91 Å². The first kappa shape index (κ1) is 15.4. The van der Waals surface area contributed by atoms with Gasteiger partial charge in [-0.25, -0.2) is 0 Å². The molecule has 4 rings (SSSR count). The van der Waals surface area contributed by atoms with Crippen LogP contribution in [0.1, 0.15) is 17.5 Å². The van der Waals surface area contributed by atoms with Crippen molar-refractivity contribution in [3.8, 4) is 11.4 Å². The van der Waals surface area contributed by atoms with Crippen molar-refractivity contribution in [2.75, 3.05) is 12.0 Å². The zero-order valence-corrected chi connectivity index (χ0v) is 13.9. The number of hydrogen-bond donors (Lipinski definition) is 0. The van der Waals surface area contributed by atoms with Crippen molar-refractivity contribution in [3.05, 3.63) is 66.2 Å². The molecule has 6 nitrogen and oxygen atoms in total. The number of hydrogen-bond acceptors (Lipinski definition) is 4. The third kappa shape index (κ3) is 2.98. The van der Waals surface area contributed by atoms with Crippen molar-refractivity contribution in [3.63, 3.8) is 0 Å². The summed E-state index contributed by atoms with van der Waals surface area (Å²) in [5.74, 6) is 0.966. The molecule has 1 aliphatic rings. The zero-order valence-electron chi connectivity index (χ0n) is 13.9. The van der Waals surface area contributed by atoms with Crippen molar-refractivity contribution in [1.82, 2.24) is 14.8 Å². The van der Waals surface area contributed by atoms with Crippen LogP contribution in [-0.4, -0.2) is 27.8 Å². The Labute approximate surface area is 145 Å². The molecule has 0 spiro atoms. The lowest BCUT2D eigenvalue weighted by molar-refractivity contribution is -0.119. The molecule has 0 unspecified atom stereocenters. The average molecular weight is 334 g/mol. The minimum absolute atomic E-state index is 0.153. The second-order valence-corrected chi connectivity index (χ2v) is 6.01. The van der Waals surface area contributed by atoms with Crippen LogP contribution in [0.25, 0.3) is 5.69 Å². The van der Waals surface area contributed by atoms with Gasteiger partial charge >= 0.3 is 0 Å². The highest BCUT2D eigenvalue weighted by Gasteiger charge is 2.24. The van der Waals surface area contributed by atoms with Gasteiger partial charge in [-0.3, -0.25) is 9.36 Å². The Hall–Kier alpha value is -3.15. The van der Waals surface area contributed by atoms with Gasteiger partial charge in [-0.05, 0) is 47.9 Å². The number of rotatable bonds is 4. The summed E-state index contributed by atoms with van der Waals surface area (Å²) in [7, 11) is 1.65. The molecule has 25 heavy (non-hydrogen) atoms. The van der Waals surface area contributed by atoms with Crippen LogP contribution in [0.4, 0.5) is 5.69 Å². The maximum Gasteiger partial charge on any atom is 0.227 e. The normalized spacial score (nSPS) is 13.6. The fraction of sp³-hybridized carbons (Fsp3) is 0.211. The monoisotopic (exact) mass is 334 g/mol. The van der Waals surface area contributed by atoms with E-state index in [4.69, 9.17) is 4.74 Å². The lowest BCUT2D eigenvalue weighted by Gasteiger charge is -2.30. The van der Waals surface area contributed by atoms with Gasteiger partial charge in [0.05, 0.1) is 13.7 Å². The third-order valence-electron chi connectivity index (χ3n) is 4.48. The predicted octanol–water partition coefficient (Wildman–Crippen LogP) is 2.76. The minimum Gasteiger partial charge on any atom is -0.497 e. The Kier molecular flexibility index (Phi) is 3.93. The molecule has 1 aromatic heterocycles.